The van der Waals surface area contributed by atoms with Gasteiger partial charge in [-0.2, -0.15) is 5.26 Å². The number of nitrogens with one attached hydrogen (secondary N) is 1. The van der Waals surface area contributed by atoms with Gasteiger partial charge in [0.2, 0.25) is 19.3 Å². The third-order valence-electron chi connectivity index (χ3n) is 5.04. The molecular weight excluding hydrogens is 478 g/mol. The molecule has 10 nitrogen and oxygen atoms in total. The van der Waals surface area contributed by atoms with Gasteiger partial charge in [0.1, 0.15) is 23.1 Å². The Hall–Kier alpha value is -3.69. The van der Waals surface area contributed by atoms with E-state index in [4.69, 9.17) is 9.47 Å². The van der Waals surface area contributed by atoms with Crippen molar-refractivity contribution in [3.63, 3.8) is 0 Å². The molecule has 1 N–H and O–H groups in total. The summed E-state index contributed by atoms with van der Waals surface area (Å²) in [4.78, 5) is 12.7. The fourth-order valence-electron chi connectivity index (χ4n) is 3.25. The maximum absolute atomic E-state index is 12.7. The zero-order chi connectivity index (χ0) is 25.0. The predicted octanol–water partition coefficient (Wildman–Crippen LogP) is 3.30. The number of nitrogens with zero attached hydrogens (tertiary/aromatic N) is 4. The van der Waals surface area contributed by atoms with Crippen LogP contribution in [0.1, 0.15) is 23.9 Å². The lowest BCUT2D eigenvalue weighted by Gasteiger charge is -2.15. The number of rotatable bonds is 8. The van der Waals surface area contributed by atoms with Crippen molar-refractivity contribution in [3.8, 4) is 23.3 Å². The van der Waals surface area contributed by atoms with E-state index in [-0.39, 0.29) is 20.8 Å². The minimum Gasteiger partial charge on any atom is -0.497 e. The summed E-state index contributed by atoms with van der Waals surface area (Å²) in [5, 5.41) is 19.3. The minimum absolute atomic E-state index is 0.00776. The van der Waals surface area contributed by atoms with Crippen LogP contribution in [-0.4, -0.2) is 49.1 Å². The van der Waals surface area contributed by atoms with Gasteiger partial charge < -0.3 is 14.0 Å². The first-order valence-electron chi connectivity index (χ1n) is 10.1. The summed E-state index contributed by atoms with van der Waals surface area (Å²) < 4.78 is 36.4. The number of hydrogen-bond acceptors (Lipinski definition) is 9. The molecule has 0 aliphatic carbocycles. The summed E-state index contributed by atoms with van der Waals surface area (Å²) in [6.45, 7) is 5.25. The number of anilines is 1. The number of benzene rings is 1. The molecule has 0 unspecified atom stereocenters. The molecule has 0 bridgehead atoms. The normalized spacial score (nSPS) is 11.7. The number of carbonyl (C=O) groups is 1. The molecule has 178 valence electrons. The zero-order valence-electron chi connectivity index (χ0n) is 19.2. The third kappa shape index (κ3) is 4.95. The molecule has 0 fully saturated rings. The van der Waals surface area contributed by atoms with Crippen LogP contribution in [0.3, 0.4) is 0 Å². The van der Waals surface area contributed by atoms with E-state index in [9.17, 15) is 18.5 Å². The van der Waals surface area contributed by atoms with Gasteiger partial charge in [-0.05, 0) is 43.7 Å². The molecule has 0 atom stereocenters. The van der Waals surface area contributed by atoms with Crippen molar-refractivity contribution in [3.05, 3.63) is 46.8 Å². The molecule has 0 radical (unpaired) electrons. The van der Waals surface area contributed by atoms with E-state index in [0.29, 0.717) is 17.1 Å². The van der Waals surface area contributed by atoms with E-state index in [1.807, 2.05) is 42.7 Å². The number of aromatic nitrogens is 3. The van der Waals surface area contributed by atoms with Crippen molar-refractivity contribution in [2.45, 2.75) is 25.1 Å². The summed E-state index contributed by atoms with van der Waals surface area (Å²) >= 11 is 0.734. The van der Waals surface area contributed by atoms with E-state index in [0.717, 1.165) is 28.4 Å². The standard InChI is InChI=1S/C22H23N5O5S2/c1-6-34(29,30)22-26-25-21(33-22)24-20(28)16(12-23)10-15-9-13(2)27(14(15)3)18-8-7-17(31-4)11-19(18)32-5/h7-11H,6H2,1-5H3,(H,24,25,28). The Kier molecular flexibility index (Phi) is 7.38. The highest BCUT2D eigenvalue weighted by Gasteiger charge is 2.21. The van der Waals surface area contributed by atoms with Gasteiger partial charge in [0, 0.05) is 17.5 Å². The number of carbonyl (C=O) groups excluding carboxylic acids is 1. The Morgan fingerprint density at radius 2 is 1.97 bits per heavy atom. The van der Waals surface area contributed by atoms with Crippen molar-refractivity contribution in [1.82, 2.24) is 14.8 Å². The van der Waals surface area contributed by atoms with Gasteiger partial charge in [0.05, 0.1) is 25.7 Å². The van der Waals surface area contributed by atoms with E-state index >= 15 is 0 Å². The Balaban J connectivity index is 1.93. The first-order chi connectivity index (χ1) is 16.1. The molecule has 2 aromatic heterocycles. The highest BCUT2D eigenvalue weighted by molar-refractivity contribution is 7.93. The van der Waals surface area contributed by atoms with Crippen molar-refractivity contribution in [2.24, 2.45) is 0 Å². The second-order valence-electron chi connectivity index (χ2n) is 7.10. The summed E-state index contributed by atoms with van der Waals surface area (Å²) in [6, 6.07) is 9.18. The number of nitriles is 1. The van der Waals surface area contributed by atoms with Crippen LogP contribution < -0.4 is 14.8 Å². The quantitative estimate of drug-likeness (QED) is 0.282. The van der Waals surface area contributed by atoms with Gasteiger partial charge in [-0.25, -0.2) is 8.42 Å². The predicted molar refractivity (Wildman–Crippen MR) is 128 cm³/mol. The molecule has 0 aliphatic rings. The van der Waals surface area contributed by atoms with Gasteiger partial charge in [-0.3, -0.25) is 10.1 Å². The van der Waals surface area contributed by atoms with Gasteiger partial charge in [0.25, 0.3) is 5.91 Å². The summed E-state index contributed by atoms with van der Waals surface area (Å²) in [6.07, 6.45) is 1.47. The molecule has 2 heterocycles. The zero-order valence-corrected chi connectivity index (χ0v) is 20.9. The molecule has 0 saturated heterocycles. The lowest BCUT2D eigenvalue weighted by molar-refractivity contribution is -0.112. The van der Waals surface area contributed by atoms with Crippen LogP contribution in [-0.2, 0) is 14.6 Å². The number of methoxy groups -OCH3 is 2. The first kappa shape index (κ1) is 24.9. The van der Waals surface area contributed by atoms with Crippen molar-refractivity contribution in [1.29, 1.82) is 5.26 Å². The molecule has 12 heteroatoms. The second kappa shape index (κ2) is 10.1. The molecule has 3 aromatic rings. The van der Waals surface area contributed by atoms with E-state index in [2.05, 4.69) is 15.5 Å². The first-order valence-corrected chi connectivity index (χ1v) is 12.5. The summed E-state index contributed by atoms with van der Waals surface area (Å²) in [5.74, 6) is 0.404. The van der Waals surface area contributed by atoms with Crippen LogP contribution in [0.25, 0.3) is 11.8 Å². The van der Waals surface area contributed by atoms with Crippen LogP contribution in [0.4, 0.5) is 5.13 Å². The van der Waals surface area contributed by atoms with Crippen LogP contribution in [0, 0.1) is 25.2 Å². The van der Waals surface area contributed by atoms with Crippen LogP contribution >= 0.6 is 11.3 Å². The molecular formula is C22H23N5O5S2. The molecule has 0 saturated carbocycles. The van der Waals surface area contributed by atoms with E-state index in [1.165, 1.54) is 13.0 Å². The number of aryl methyl sites for hydroxylation is 1. The molecule has 0 spiro atoms. The van der Waals surface area contributed by atoms with E-state index < -0.39 is 15.7 Å². The molecule has 3 rings (SSSR count). The Labute approximate surface area is 201 Å². The van der Waals surface area contributed by atoms with Crippen molar-refractivity contribution < 1.29 is 22.7 Å². The largest absolute Gasteiger partial charge is 0.497 e. The Morgan fingerprint density at radius 1 is 1.24 bits per heavy atom. The number of ether oxygens (including phenoxy) is 2. The maximum Gasteiger partial charge on any atom is 0.268 e. The van der Waals surface area contributed by atoms with Crippen LogP contribution in [0.5, 0.6) is 11.5 Å². The molecule has 0 aliphatic heterocycles. The monoisotopic (exact) mass is 501 g/mol. The maximum atomic E-state index is 12.7. The number of sulfone groups is 1. The van der Waals surface area contributed by atoms with Gasteiger partial charge in [-0.1, -0.05) is 18.3 Å². The van der Waals surface area contributed by atoms with Crippen molar-refractivity contribution in [2.75, 3.05) is 25.3 Å². The smallest absolute Gasteiger partial charge is 0.268 e. The fourth-order valence-corrected chi connectivity index (χ4v) is 5.23. The van der Waals surface area contributed by atoms with Gasteiger partial charge in [-0.15, -0.1) is 10.2 Å². The SMILES string of the molecule is CCS(=O)(=O)c1nnc(NC(=O)C(C#N)=Cc2cc(C)n(-c3ccc(OC)cc3OC)c2C)s1. The average Bonchev–Trinajstić information content (AvgIpc) is 3.41. The Morgan fingerprint density at radius 3 is 2.59 bits per heavy atom. The molecule has 34 heavy (non-hydrogen) atoms. The topological polar surface area (TPSA) is 136 Å². The van der Waals surface area contributed by atoms with Gasteiger partial charge >= 0.3 is 0 Å². The second-order valence-corrected chi connectivity index (χ2v) is 10.5. The minimum atomic E-state index is -3.54. The Bertz CT molecular complexity index is 1410. The lowest BCUT2D eigenvalue weighted by atomic mass is 10.1. The van der Waals surface area contributed by atoms with Gasteiger partial charge in [0.15, 0.2) is 0 Å². The van der Waals surface area contributed by atoms with E-state index in [1.54, 1.807) is 20.3 Å². The van der Waals surface area contributed by atoms with Crippen LogP contribution in [0.2, 0.25) is 0 Å². The molecule has 1 amide bonds. The average molecular weight is 502 g/mol. The highest BCUT2D eigenvalue weighted by Crippen LogP contribution is 2.32. The summed E-state index contributed by atoms with van der Waals surface area (Å²) in [5.41, 5.74) is 2.92. The number of hydrogen-bond donors (Lipinski definition) is 1. The molecule has 1 aromatic carbocycles. The van der Waals surface area contributed by atoms with Crippen molar-refractivity contribution >= 4 is 38.3 Å². The fraction of sp³-hybridized carbons (Fsp3) is 0.273. The lowest BCUT2D eigenvalue weighted by Crippen LogP contribution is -2.13. The number of amides is 1. The highest BCUT2D eigenvalue weighted by atomic mass is 32.2. The summed E-state index contributed by atoms with van der Waals surface area (Å²) in [7, 11) is -0.400. The van der Waals surface area contributed by atoms with Crippen LogP contribution in [0.15, 0.2) is 34.2 Å². The third-order valence-corrected chi connectivity index (χ3v) is 8.05.